The summed E-state index contributed by atoms with van der Waals surface area (Å²) in [4.78, 5) is 1.93. The number of piperidine rings is 1. The van der Waals surface area contributed by atoms with Gasteiger partial charge in [-0.15, -0.1) is 0 Å². The number of thiocarbonyl (C=S) groups is 1. The summed E-state index contributed by atoms with van der Waals surface area (Å²) in [5, 5.41) is 0.394. The van der Waals surface area contributed by atoms with Gasteiger partial charge in [0.15, 0.2) is 5.11 Å². The molecule has 0 spiro atoms. The third-order valence-corrected chi connectivity index (χ3v) is 3.77. The lowest BCUT2D eigenvalue weighted by atomic mass is 9.89. The molecule has 2 rings (SSSR count). The van der Waals surface area contributed by atoms with E-state index in [1.807, 2.05) is 4.90 Å². The van der Waals surface area contributed by atoms with Gasteiger partial charge < -0.3 is 10.6 Å². The van der Waals surface area contributed by atoms with Gasteiger partial charge in [-0.05, 0) is 48.7 Å². The first kappa shape index (κ1) is 14.1. The van der Waals surface area contributed by atoms with Crippen LogP contribution in [0.5, 0.6) is 0 Å². The van der Waals surface area contributed by atoms with Gasteiger partial charge in [0.25, 0.3) is 0 Å². The van der Waals surface area contributed by atoms with Gasteiger partial charge in [0.1, 0.15) is 0 Å². The molecule has 0 radical (unpaired) electrons. The third-order valence-electron chi connectivity index (χ3n) is 3.52. The fraction of sp³-hybridized carbons (Fsp3) is 0.462. The first-order chi connectivity index (χ1) is 8.88. The van der Waals surface area contributed by atoms with Gasteiger partial charge in [-0.25, -0.2) is 0 Å². The lowest BCUT2D eigenvalue weighted by Gasteiger charge is -2.32. The third kappa shape index (κ3) is 3.37. The summed E-state index contributed by atoms with van der Waals surface area (Å²) < 4.78 is 37.4. The van der Waals surface area contributed by atoms with Crippen LogP contribution >= 0.6 is 12.2 Å². The molecule has 0 saturated carbocycles. The quantitative estimate of drug-likeness (QED) is 0.805. The average molecular weight is 288 g/mol. The second-order valence-electron chi connectivity index (χ2n) is 4.72. The standard InChI is InChI=1S/C13H15F3N2S/c14-13(15,16)11-3-1-9(2-4-11)10-5-7-18(8-6-10)12(17)19/h1-4,10H,5-8H2,(H2,17,19). The van der Waals surface area contributed by atoms with Crippen molar-refractivity contribution >= 4 is 17.3 Å². The number of halogens is 3. The van der Waals surface area contributed by atoms with Crippen molar-refractivity contribution in [1.29, 1.82) is 0 Å². The molecule has 6 heteroatoms. The zero-order valence-corrected chi connectivity index (χ0v) is 11.1. The minimum atomic E-state index is -4.27. The Morgan fingerprint density at radius 2 is 1.68 bits per heavy atom. The number of likely N-dealkylation sites (tertiary alicyclic amines) is 1. The van der Waals surface area contributed by atoms with Crippen LogP contribution in [0.1, 0.15) is 29.9 Å². The van der Waals surface area contributed by atoms with Crippen LogP contribution in [-0.4, -0.2) is 23.1 Å². The van der Waals surface area contributed by atoms with Crippen LogP contribution in [0.15, 0.2) is 24.3 Å². The molecule has 0 aromatic heterocycles. The van der Waals surface area contributed by atoms with Crippen LogP contribution in [-0.2, 0) is 6.18 Å². The molecule has 0 bridgehead atoms. The van der Waals surface area contributed by atoms with Crippen molar-refractivity contribution in [2.24, 2.45) is 5.73 Å². The maximum absolute atomic E-state index is 12.5. The fourth-order valence-electron chi connectivity index (χ4n) is 2.38. The number of benzene rings is 1. The molecule has 2 N–H and O–H groups in total. The van der Waals surface area contributed by atoms with E-state index in [9.17, 15) is 13.2 Å². The molecule has 2 nitrogen and oxygen atoms in total. The Balaban J connectivity index is 2.02. The second kappa shape index (κ2) is 5.36. The number of nitrogens with zero attached hydrogens (tertiary/aromatic N) is 1. The number of nitrogens with two attached hydrogens (primary N) is 1. The highest BCUT2D eigenvalue weighted by atomic mass is 32.1. The van der Waals surface area contributed by atoms with Crippen molar-refractivity contribution in [2.75, 3.05) is 13.1 Å². The summed E-state index contributed by atoms with van der Waals surface area (Å²) in [5.74, 6) is 0.285. The molecule has 104 valence electrons. The van der Waals surface area contributed by atoms with Gasteiger partial charge in [0.2, 0.25) is 0 Å². The molecule has 1 fully saturated rings. The highest BCUT2D eigenvalue weighted by molar-refractivity contribution is 7.80. The molecule has 1 saturated heterocycles. The molecular formula is C13H15F3N2S. The molecule has 0 unspecified atom stereocenters. The molecule has 0 atom stereocenters. The Kier molecular flexibility index (Phi) is 3.99. The van der Waals surface area contributed by atoms with Crippen molar-refractivity contribution < 1.29 is 13.2 Å². The Hall–Kier alpha value is -1.30. The summed E-state index contributed by atoms with van der Waals surface area (Å²) in [6, 6.07) is 5.44. The Morgan fingerprint density at radius 3 is 2.11 bits per heavy atom. The molecule has 0 amide bonds. The van der Waals surface area contributed by atoms with E-state index >= 15 is 0 Å². The van der Waals surface area contributed by atoms with Crippen LogP contribution in [0.2, 0.25) is 0 Å². The predicted octanol–water partition coefficient (Wildman–Crippen LogP) is 3.13. The topological polar surface area (TPSA) is 29.3 Å². The number of hydrogen-bond acceptors (Lipinski definition) is 1. The smallest absolute Gasteiger partial charge is 0.376 e. The van der Waals surface area contributed by atoms with E-state index in [-0.39, 0.29) is 5.92 Å². The minimum Gasteiger partial charge on any atom is -0.376 e. The van der Waals surface area contributed by atoms with E-state index < -0.39 is 11.7 Å². The Bertz CT molecular complexity index is 448. The molecular weight excluding hydrogens is 273 g/mol. The van der Waals surface area contributed by atoms with Gasteiger partial charge in [-0.2, -0.15) is 13.2 Å². The monoisotopic (exact) mass is 288 g/mol. The SMILES string of the molecule is NC(=S)N1CCC(c2ccc(C(F)(F)F)cc2)CC1. The number of rotatable bonds is 1. The lowest BCUT2D eigenvalue weighted by molar-refractivity contribution is -0.137. The zero-order chi connectivity index (χ0) is 14.0. The van der Waals surface area contributed by atoms with E-state index in [1.54, 1.807) is 12.1 Å². The summed E-state index contributed by atoms with van der Waals surface area (Å²) in [5.41, 5.74) is 5.91. The van der Waals surface area contributed by atoms with Crippen molar-refractivity contribution in [3.63, 3.8) is 0 Å². The van der Waals surface area contributed by atoms with Gasteiger partial charge in [0, 0.05) is 13.1 Å². The maximum Gasteiger partial charge on any atom is 0.416 e. The summed E-state index contributed by atoms with van der Waals surface area (Å²) in [7, 11) is 0. The molecule has 1 aromatic carbocycles. The van der Waals surface area contributed by atoms with E-state index in [1.165, 1.54) is 0 Å². The Morgan fingerprint density at radius 1 is 1.16 bits per heavy atom. The summed E-state index contributed by atoms with van der Waals surface area (Å²) in [6.07, 6.45) is -2.54. The van der Waals surface area contributed by atoms with Crippen molar-refractivity contribution in [3.05, 3.63) is 35.4 Å². The van der Waals surface area contributed by atoms with Crippen molar-refractivity contribution in [1.82, 2.24) is 4.90 Å². The highest BCUT2D eigenvalue weighted by Crippen LogP contribution is 2.32. The first-order valence-electron chi connectivity index (χ1n) is 6.09. The maximum atomic E-state index is 12.5. The lowest BCUT2D eigenvalue weighted by Crippen LogP contribution is -2.40. The normalized spacial score (nSPS) is 17.5. The minimum absolute atomic E-state index is 0.285. The predicted molar refractivity (Wildman–Crippen MR) is 71.8 cm³/mol. The summed E-state index contributed by atoms with van der Waals surface area (Å²) in [6.45, 7) is 1.53. The van der Waals surface area contributed by atoms with Crippen LogP contribution in [0, 0.1) is 0 Å². The molecule has 1 heterocycles. The van der Waals surface area contributed by atoms with Gasteiger partial charge in [0.05, 0.1) is 5.56 Å². The van der Waals surface area contributed by atoms with Crippen LogP contribution in [0.25, 0.3) is 0 Å². The molecule has 0 aliphatic carbocycles. The molecule has 19 heavy (non-hydrogen) atoms. The van der Waals surface area contributed by atoms with Crippen LogP contribution < -0.4 is 5.73 Å². The van der Waals surface area contributed by atoms with Crippen molar-refractivity contribution in [2.45, 2.75) is 24.9 Å². The van der Waals surface area contributed by atoms with E-state index in [4.69, 9.17) is 18.0 Å². The van der Waals surface area contributed by atoms with Crippen LogP contribution in [0.4, 0.5) is 13.2 Å². The molecule has 1 aromatic rings. The first-order valence-corrected chi connectivity index (χ1v) is 6.50. The van der Waals surface area contributed by atoms with Gasteiger partial charge in [-0.3, -0.25) is 0 Å². The molecule has 1 aliphatic heterocycles. The van der Waals surface area contributed by atoms with E-state index in [2.05, 4.69) is 0 Å². The van der Waals surface area contributed by atoms with E-state index in [0.717, 1.165) is 43.6 Å². The fourth-order valence-corrected chi connectivity index (χ4v) is 2.56. The number of alkyl halides is 3. The van der Waals surface area contributed by atoms with Gasteiger partial charge >= 0.3 is 6.18 Å². The molecule has 1 aliphatic rings. The highest BCUT2D eigenvalue weighted by Gasteiger charge is 2.30. The largest absolute Gasteiger partial charge is 0.416 e. The Labute approximate surface area is 115 Å². The van der Waals surface area contributed by atoms with Crippen LogP contribution in [0.3, 0.4) is 0 Å². The second-order valence-corrected chi connectivity index (χ2v) is 5.14. The van der Waals surface area contributed by atoms with Gasteiger partial charge in [-0.1, -0.05) is 12.1 Å². The summed E-state index contributed by atoms with van der Waals surface area (Å²) >= 11 is 4.91. The van der Waals surface area contributed by atoms with Crippen molar-refractivity contribution in [3.8, 4) is 0 Å². The van der Waals surface area contributed by atoms with E-state index in [0.29, 0.717) is 5.11 Å². The number of hydrogen-bond donors (Lipinski definition) is 1. The average Bonchev–Trinajstić information content (AvgIpc) is 2.38. The zero-order valence-electron chi connectivity index (χ0n) is 10.3.